The van der Waals surface area contributed by atoms with Crippen LogP contribution in [0.25, 0.3) is 16.6 Å². The molecule has 0 saturated heterocycles. The summed E-state index contributed by atoms with van der Waals surface area (Å²) in [6.07, 6.45) is 1.44. The van der Waals surface area contributed by atoms with Crippen molar-refractivity contribution in [2.45, 2.75) is 13.5 Å². The number of carbonyl (C=O) groups excluding carboxylic acids is 1. The predicted octanol–water partition coefficient (Wildman–Crippen LogP) is 1.72. The van der Waals surface area contributed by atoms with Crippen LogP contribution in [0.5, 0.6) is 11.5 Å². The van der Waals surface area contributed by atoms with Crippen LogP contribution in [0, 0.1) is 6.92 Å². The highest BCUT2D eigenvalue weighted by Gasteiger charge is 2.16. The number of nitrogens with one attached hydrogen (secondary N) is 1. The number of hydrogen-bond donors (Lipinski definition) is 1. The zero-order valence-corrected chi connectivity index (χ0v) is 14.9. The molecule has 0 radical (unpaired) electrons. The van der Waals surface area contributed by atoms with E-state index in [0.29, 0.717) is 22.8 Å². The Labute approximate surface area is 158 Å². The minimum Gasteiger partial charge on any atom is -0.454 e. The van der Waals surface area contributed by atoms with E-state index < -0.39 is 5.69 Å². The van der Waals surface area contributed by atoms with Gasteiger partial charge in [0.05, 0.1) is 5.52 Å². The van der Waals surface area contributed by atoms with Gasteiger partial charge in [0, 0.05) is 17.1 Å². The standard InChI is InChI=1S/C19H15N5O4/c1-11-3-2-4-13-17(11)20-9-23-18(13)22-24(19(23)26)8-16(25)21-12-5-6-14-15(7-12)28-10-27-14/h2-7,9H,8,10H2,1H3,(H,21,25). The van der Waals surface area contributed by atoms with Crippen LogP contribution in [0.15, 0.2) is 47.5 Å². The van der Waals surface area contributed by atoms with Crippen LogP contribution in [0.1, 0.15) is 5.56 Å². The lowest BCUT2D eigenvalue weighted by molar-refractivity contribution is -0.117. The van der Waals surface area contributed by atoms with Crippen LogP contribution >= 0.6 is 0 Å². The normalized spacial score (nSPS) is 12.6. The van der Waals surface area contributed by atoms with Crippen LogP contribution < -0.4 is 20.5 Å². The summed E-state index contributed by atoms with van der Waals surface area (Å²) < 4.78 is 13.0. The van der Waals surface area contributed by atoms with Crippen LogP contribution in [0.2, 0.25) is 0 Å². The van der Waals surface area contributed by atoms with E-state index in [9.17, 15) is 9.59 Å². The second kappa shape index (κ2) is 6.08. The van der Waals surface area contributed by atoms with Crippen LogP contribution in [-0.2, 0) is 11.3 Å². The fourth-order valence-electron chi connectivity index (χ4n) is 3.25. The Morgan fingerprint density at radius 1 is 1.21 bits per heavy atom. The lowest BCUT2D eigenvalue weighted by Crippen LogP contribution is -2.28. The van der Waals surface area contributed by atoms with Gasteiger partial charge in [-0.15, -0.1) is 5.10 Å². The monoisotopic (exact) mass is 377 g/mol. The molecule has 3 heterocycles. The molecule has 0 fully saturated rings. The molecule has 1 aliphatic heterocycles. The molecule has 2 aromatic heterocycles. The second-order valence-electron chi connectivity index (χ2n) is 6.47. The number of ether oxygens (including phenoxy) is 2. The van der Waals surface area contributed by atoms with Gasteiger partial charge in [0.25, 0.3) is 0 Å². The molecule has 1 N–H and O–H groups in total. The van der Waals surface area contributed by atoms with Gasteiger partial charge in [-0.05, 0) is 30.7 Å². The summed E-state index contributed by atoms with van der Waals surface area (Å²) in [5, 5.41) is 7.84. The topological polar surface area (TPSA) is 99.8 Å². The number of amides is 1. The van der Waals surface area contributed by atoms with Gasteiger partial charge in [-0.2, -0.15) is 0 Å². The molecule has 140 valence electrons. The quantitative estimate of drug-likeness (QED) is 0.584. The van der Waals surface area contributed by atoms with E-state index in [1.54, 1.807) is 18.2 Å². The van der Waals surface area contributed by atoms with Crippen molar-refractivity contribution in [1.82, 2.24) is 19.2 Å². The Morgan fingerprint density at radius 3 is 2.96 bits per heavy atom. The molecule has 0 saturated carbocycles. The van der Waals surface area contributed by atoms with Gasteiger partial charge in [0.15, 0.2) is 17.1 Å². The number of benzene rings is 2. The first-order valence-electron chi connectivity index (χ1n) is 8.63. The Hall–Kier alpha value is -3.88. The molecule has 0 aliphatic carbocycles. The number of fused-ring (bicyclic) bond motifs is 4. The van der Waals surface area contributed by atoms with Crippen molar-refractivity contribution in [2.24, 2.45) is 0 Å². The van der Waals surface area contributed by atoms with E-state index in [0.717, 1.165) is 21.1 Å². The summed E-state index contributed by atoms with van der Waals surface area (Å²) in [6.45, 7) is 1.88. The van der Waals surface area contributed by atoms with E-state index in [1.165, 1.54) is 10.7 Å². The molecular weight excluding hydrogens is 362 g/mol. The Bertz CT molecular complexity index is 1310. The Morgan fingerprint density at radius 2 is 2.07 bits per heavy atom. The first-order chi connectivity index (χ1) is 13.6. The second-order valence-corrected chi connectivity index (χ2v) is 6.47. The van der Waals surface area contributed by atoms with E-state index >= 15 is 0 Å². The number of hydrogen-bond acceptors (Lipinski definition) is 6. The maximum atomic E-state index is 12.6. The minimum absolute atomic E-state index is 0.158. The lowest BCUT2D eigenvalue weighted by atomic mass is 10.1. The summed E-state index contributed by atoms with van der Waals surface area (Å²) in [5.41, 5.74) is 2.36. The molecule has 9 heteroatoms. The number of anilines is 1. The third kappa shape index (κ3) is 2.56. The zero-order chi connectivity index (χ0) is 19.3. The van der Waals surface area contributed by atoms with Crippen molar-refractivity contribution in [1.29, 1.82) is 0 Å². The van der Waals surface area contributed by atoms with Crippen molar-refractivity contribution in [2.75, 3.05) is 12.1 Å². The smallest absolute Gasteiger partial charge is 0.352 e. The molecule has 28 heavy (non-hydrogen) atoms. The van der Waals surface area contributed by atoms with Gasteiger partial charge in [0.2, 0.25) is 12.7 Å². The molecule has 0 bridgehead atoms. The summed E-state index contributed by atoms with van der Waals surface area (Å²) in [4.78, 5) is 29.4. The molecule has 2 aromatic carbocycles. The molecule has 9 nitrogen and oxygen atoms in total. The number of para-hydroxylation sites is 1. The number of carbonyl (C=O) groups is 1. The number of aryl methyl sites for hydroxylation is 1. The molecular formula is C19H15N5O4. The summed E-state index contributed by atoms with van der Waals surface area (Å²) in [7, 11) is 0. The maximum absolute atomic E-state index is 12.6. The summed E-state index contributed by atoms with van der Waals surface area (Å²) in [5.74, 6) is 0.817. The van der Waals surface area contributed by atoms with Crippen molar-refractivity contribution < 1.29 is 14.3 Å². The first kappa shape index (κ1) is 16.3. The van der Waals surface area contributed by atoms with Crippen LogP contribution in [0.4, 0.5) is 5.69 Å². The van der Waals surface area contributed by atoms with Gasteiger partial charge in [-0.3, -0.25) is 4.79 Å². The fourth-order valence-corrected chi connectivity index (χ4v) is 3.25. The molecule has 1 aliphatic rings. The zero-order valence-electron chi connectivity index (χ0n) is 14.9. The predicted molar refractivity (Wildman–Crippen MR) is 101 cm³/mol. The summed E-state index contributed by atoms with van der Waals surface area (Å²) in [6, 6.07) is 10.8. The lowest BCUT2D eigenvalue weighted by Gasteiger charge is -2.05. The molecule has 0 unspecified atom stereocenters. The van der Waals surface area contributed by atoms with E-state index in [2.05, 4.69) is 15.4 Å². The largest absolute Gasteiger partial charge is 0.454 e. The third-order valence-electron chi connectivity index (χ3n) is 4.60. The highest BCUT2D eigenvalue weighted by Crippen LogP contribution is 2.34. The highest BCUT2D eigenvalue weighted by atomic mass is 16.7. The van der Waals surface area contributed by atoms with Crippen molar-refractivity contribution in [3.63, 3.8) is 0 Å². The van der Waals surface area contributed by atoms with Crippen LogP contribution in [-0.4, -0.2) is 31.9 Å². The fraction of sp³-hybridized carbons (Fsp3) is 0.158. The summed E-state index contributed by atoms with van der Waals surface area (Å²) >= 11 is 0. The van der Waals surface area contributed by atoms with Gasteiger partial charge in [-0.1, -0.05) is 12.1 Å². The SMILES string of the molecule is Cc1cccc2c1ncn1c(=O)n(CC(=O)Nc3ccc4c(c3)OCO4)nc21. The van der Waals surface area contributed by atoms with Gasteiger partial charge < -0.3 is 14.8 Å². The van der Waals surface area contributed by atoms with Crippen molar-refractivity contribution >= 4 is 28.1 Å². The minimum atomic E-state index is -0.424. The van der Waals surface area contributed by atoms with Gasteiger partial charge >= 0.3 is 5.69 Å². The molecule has 5 rings (SSSR count). The Balaban J connectivity index is 1.45. The van der Waals surface area contributed by atoms with E-state index in [1.807, 2.05) is 25.1 Å². The first-order valence-corrected chi connectivity index (χ1v) is 8.63. The number of nitrogens with zero attached hydrogens (tertiary/aromatic N) is 4. The van der Waals surface area contributed by atoms with Gasteiger partial charge in [0.1, 0.15) is 12.9 Å². The molecule has 1 amide bonds. The van der Waals surface area contributed by atoms with Crippen molar-refractivity contribution in [3.8, 4) is 11.5 Å². The van der Waals surface area contributed by atoms with Gasteiger partial charge in [-0.25, -0.2) is 18.9 Å². The van der Waals surface area contributed by atoms with Crippen molar-refractivity contribution in [3.05, 3.63) is 58.8 Å². The van der Waals surface area contributed by atoms with Crippen LogP contribution in [0.3, 0.4) is 0 Å². The van der Waals surface area contributed by atoms with E-state index in [-0.39, 0.29) is 19.2 Å². The number of rotatable bonds is 3. The average Bonchev–Trinajstić information content (AvgIpc) is 3.27. The third-order valence-corrected chi connectivity index (χ3v) is 4.60. The van der Waals surface area contributed by atoms with E-state index in [4.69, 9.17) is 9.47 Å². The maximum Gasteiger partial charge on any atom is 0.352 e. The molecule has 0 spiro atoms. The highest BCUT2D eigenvalue weighted by molar-refractivity contribution is 5.93. The molecule has 4 aromatic rings. The Kier molecular flexibility index (Phi) is 3.54. The average molecular weight is 377 g/mol. The number of aromatic nitrogens is 4. The molecule has 0 atom stereocenters.